The molecule has 0 amide bonds. The van der Waals surface area contributed by atoms with Crippen molar-refractivity contribution >= 4 is 5.82 Å². The van der Waals surface area contributed by atoms with Gasteiger partial charge in [-0.3, -0.25) is 4.90 Å². The molecule has 158 valence electrons. The van der Waals surface area contributed by atoms with Gasteiger partial charge < -0.3 is 9.47 Å². The van der Waals surface area contributed by atoms with E-state index in [0.29, 0.717) is 11.9 Å². The number of likely N-dealkylation sites (tertiary alicyclic amines) is 1. The third kappa shape index (κ3) is 3.99. The zero-order valence-corrected chi connectivity index (χ0v) is 17.0. The molecule has 29 heavy (non-hydrogen) atoms. The van der Waals surface area contributed by atoms with Gasteiger partial charge in [0.25, 0.3) is 0 Å². The zero-order chi connectivity index (χ0) is 20.6. The molecule has 0 radical (unpaired) electrons. The average Bonchev–Trinajstić information content (AvgIpc) is 3.30. The molecule has 0 unspecified atom stereocenters. The monoisotopic (exact) mass is 407 g/mol. The molecule has 8 heteroatoms. The predicted octanol–water partition coefficient (Wildman–Crippen LogP) is 4.51. The van der Waals surface area contributed by atoms with Gasteiger partial charge in [0.15, 0.2) is 0 Å². The van der Waals surface area contributed by atoms with Gasteiger partial charge in [0.05, 0.1) is 12.1 Å². The standard InChI is InChI=1S/C21H28F3N5/c1-16(2)29-13-9-25-19(29)15-28-10-3-6-20(28)7-11-27(12-8-20)18-5-4-17(14-26-18)21(22,23)24/h4-5,9,13-14,16H,3,6-8,10-12,15H2,1-2H3. The molecule has 4 rings (SSSR count). The zero-order valence-electron chi connectivity index (χ0n) is 17.0. The Morgan fingerprint density at radius 2 is 1.83 bits per heavy atom. The van der Waals surface area contributed by atoms with Gasteiger partial charge in [0.1, 0.15) is 11.6 Å². The summed E-state index contributed by atoms with van der Waals surface area (Å²) in [7, 11) is 0. The molecule has 0 saturated carbocycles. The van der Waals surface area contributed by atoms with E-state index in [4.69, 9.17) is 0 Å². The van der Waals surface area contributed by atoms with E-state index in [9.17, 15) is 13.2 Å². The lowest BCUT2D eigenvalue weighted by atomic mass is 9.85. The van der Waals surface area contributed by atoms with E-state index in [0.717, 1.165) is 57.1 Å². The number of hydrogen-bond acceptors (Lipinski definition) is 4. The maximum Gasteiger partial charge on any atom is 0.417 e. The van der Waals surface area contributed by atoms with Gasteiger partial charge in [0, 0.05) is 43.3 Å². The fraction of sp³-hybridized carbons (Fsp3) is 0.619. The Labute approximate surface area is 169 Å². The van der Waals surface area contributed by atoms with Gasteiger partial charge >= 0.3 is 6.18 Å². The lowest BCUT2D eigenvalue weighted by Gasteiger charge is -2.45. The first-order valence-corrected chi connectivity index (χ1v) is 10.3. The maximum absolute atomic E-state index is 12.8. The van der Waals surface area contributed by atoms with Crippen LogP contribution in [0.25, 0.3) is 0 Å². The van der Waals surface area contributed by atoms with Crippen LogP contribution in [0.15, 0.2) is 30.7 Å². The predicted molar refractivity (Wildman–Crippen MR) is 106 cm³/mol. The highest BCUT2D eigenvalue weighted by Crippen LogP contribution is 2.40. The largest absolute Gasteiger partial charge is 0.417 e. The van der Waals surface area contributed by atoms with Crippen LogP contribution in [0.2, 0.25) is 0 Å². The van der Waals surface area contributed by atoms with E-state index >= 15 is 0 Å². The number of nitrogens with zero attached hydrogens (tertiary/aromatic N) is 5. The van der Waals surface area contributed by atoms with Gasteiger partial charge in [-0.1, -0.05) is 0 Å². The molecule has 5 nitrogen and oxygen atoms in total. The number of imidazole rings is 1. The Balaban J connectivity index is 1.43. The summed E-state index contributed by atoms with van der Waals surface area (Å²) in [5.41, 5.74) is -0.534. The minimum atomic E-state index is -4.34. The van der Waals surface area contributed by atoms with Crippen molar-refractivity contribution < 1.29 is 13.2 Å². The van der Waals surface area contributed by atoms with Crippen molar-refractivity contribution in [3.8, 4) is 0 Å². The molecule has 4 heterocycles. The molecule has 2 aliphatic rings. The normalized spacial score (nSPS) is 20.1. The van der Waals surface area contributed by atoms with E-state index < -0.39 is 11.7 Å². The summed E-state index contributed by atoms with van der Waals surface area (Å²) in [5.74, 6) is 1.74. The van der Waals surface area contributed by atoms with Crippen LogP contribution in [0.5, 0.6) is 0 Å². The molecular weight excluding hydrogens is 379 g/mol. The Morgan fingerprint density at radius 3 is 2.45 bits per heavy atom. The highest BCUT2D eigenvalue weighted by molar-refractivity contribution is 5.40. The maximum atomic E-state index is 12.8. The fourth-order valence-electron chi connectivity index (χ4n) is 4.81. The first-order chi connectivity index (χ1) is 13.8. The van der Waals surface area contributed by atoms with Crippen molar-refractivity contribution in [2.75, 3.05) is 24.5 Å². The Kier molecular flexibility index (Phi) is 5.31. The van der Waals surface area contributed by atoms with Gasteiger partial charge in [-0.05, 0) is 58.2 Å². The number of pyridine rings is 1. The van der Waals surface area contributed by atoms with Crippen LogP contribution in [-0.4, -0.2) is 44.6 Å². The Hall–Kier alpha value is -2.09. The van der Waals surface area contributed by atoms with Crippen molar-refractivity contribution in [1.82, 2.24) is 19.4 Å². The molecule has 2 fully saturated rings. The second-order valence-electron chi connectivity index (χ2n) is 8.48. The molecule has 2 saturated heterocycles. The highest BCUT2D eigenvalue weighted by atomic mass is 19.4. The lowest BCUT2D eigenvalue weighted by Crippen LogP contribution is -2.52. The third-order valence-electron chi connectivity index (χ3n) is 6.47. The summed E-state index contributed by atoms with van der Waals surface area (Å²) in [6, 6.07) is 3.01. The Bertz CT molecular complexity index is 820. The second-order valence-corrected chi connectivity index (χ2v) is 8.48. The van der Waals surface area contributed by atoms with Crippen LogP contribution < -0.4 is 4.90 Å². The molecule has 0 N–H and O–H groups in total. The van der Waals surface area contributed by atoms with Crippen LogP contribution in [-0.2, 0) is 12.7 Å². The lowest BCUT2D eigenvalue weighted by molar-refractivity contribution is -0.137. The van der Waals surface area contributed by atoms with Gasteiger partial charge in [0.2, 0.25) is 0 Å². The molecule has 0 bridgehead atoms. The van der Waals surface area contributed by atoms with Crippen molar-refractivity contribution in [2.24, 2.45) is 0 Å². The number of rotatable bonds is 4. The van der Waals surface area contributed by atoms with Crippen LogP contribution in [0.1, 0.15) is 57.0 Å². The summed E-state index contributed by atoms with van der Waals surface area (Å²) in [6.45, 7) is 7.88. The summed E-state index contributed by atoms with van der Waals surface area (Å²) >= 11 is 0. The molecule has 2 aliphatic heterocycles. The van der Waals surface area contributed by atoms with E-state index in [2.05, 4.69) is 38.2 Å². The molecule has 2 aromatic heterocycles. The van der Waals surface area contributed by atoms with E-state index in [1.807, 2.05) is 12.4 Å². The SMILES string of the molecule is CC(C)n1ccnc1CN1CCCC12CCN(c1ccc(C(F)(F)F)cn1)CC2. The third-order valence-corrected chi connectivity index (χ3v) is 6.47. The quantitative estimate of drug-likeness (QED) is 0.747. The molecule has 0 atom stereocenters. The topological polar surface area (TPSA) is 37.2 Å². The number of halogens is 3. The highest BCUT2D eigenvalue weighted by Gasteiger charge is 2.43. The molecule has 2 aromatic rings. The smallest absolute Gasteiger partial charge is 0.356 e. The minimum Gasteiger partial charge on any atom is -0.356 e. The summed E-state index contributed by atoms with van der Waals surface area (Å²) < 4.78 is 40.5. The number of alkyl halides is 3. The van der Waals surface area contributed by atoms with Crippen LogP contribution in [0, 0.1) is 0 Å². The van der Waals surface area contributed by atoms with Crippen LogP contribution in [0.3, 0.4) is 0 Å². The average molecular weight is 407 g/mol. The van der Waals surface area contributed by atoms with Crippen molar-refractivity contribution in [3.63, 3.8) is 0 Å². The number of aromatic nitrogens is 3. The van der Waals surface area contributed by atoms with E-state index in [1.165, 1.54) is 18.9 Å². The molecule has 0 aromatic carbocycles. The van der Waals surface area contributed by atoms with Crippen molar-refractivity contribution in [2.45, 2.75) is 63.8 Å². The van der Waals surface area contributed by atoms with E-state index in [-0.39, 0.29) is 5.54 Å². The Morgan fingerprint density at radius 1 is 1.07 bits per heavy atom. The van der Waals surface area contributed by atoms with Crippen LogP contribution in [0.4, 0.5) is 19.0 Å². The van der Waals surface area contributed by atoms with Crippen molar-refractivity contribution in [3.05, 3.63) is 42.1 Å². The van der Waals surface area contributed by atoms with Gasteiger partial charge in [-0.25, -0.2) is 9.97 Å². The van der Waals surface area contributed by atoms with Gasteiger partial charge in [-0.2, -0.15) is 13.2 Å². The summed E-state index contributed by atoms with van der Waals surface area (Å²) in [5, 5.41) is 0. The number of piperidine rings is 1. The second kappa shape index (κ2) is 7.63. The number of hydrogen-bond donors (Lipinski definition) is 0. The fourth-order valence-corrected chi connectivity index (χ4v) is 4.81. The molecule has 0 aliphatic carbocycles. The first kappa shape index (κ1) is 20.2. The first-order valence-electron chi connectivity index (χ1n) is 10.3. The van der Waals surface area contributed by atoms with Gasteiger partial charge in [-0.15, -0.1) is 0 Å². The van der Waals surface area contributed by atoms with Crippen molar-refractivity contribution in [1.29, 1.82) is 0 Å². The summed E-state index contributed by atoms with van der Waals surface area (Å²) in [4.78, 5) is 13.3. The number of anilines is 1. The summed E-state index contributed by atoms with van der Waals surface area (Å²) in [6.07, 6.45) is 4.86. The van der Waals surface area contributed by atoms with E-state index in [1.54, 1.807) is 0 Å². The minimum absolute atomic E-state index is 0.163. The van der Waals surface area contributed by atoms with Crippen LogP contribution >= 0.6 is 0 Å². The molecular formula is C21H28F3N5. The molecule has 1 spiro atoms.